The van der Waals surface area contributed by atoms with Crippen molar-refractivity contribution in [3.05, 3.63) is 53.2 Å². The second kappa shape index (κ2) is 7.83. The number of fused-ring (bicyclic) bond motifs is 2. The van der Waals surface area contributed by atoms with Crippen LogP contribution in [0.15, 0.2) is 36.4 Å². The van der Waals surface area contributed by atoms with Gasteiger partial charge in [0.1, 0.15) is 11.6 Å². The first-order valence-corrected chi connectivity index (χ1v) is 11.1. The number of nitrogens with zero attached hydrogens (tertiary/aromatic N) is 3. The van der Waals surface area contributed by atoms with E-state index < -0.39 is 0 Å². The second-order valence-corrected chi connectivity index (χ2v) is 8.56. The Kier molecular flexibility index (Phi) is 4.97. The quantitative estimate of drug-likeness (QED) is 0.468. The molecule has 0 saturated carbocycles. The number of rotatable bonds is 5. The smallest absolute Gasteiger partial charge is 0.226 e. The maximum absolute atomic E-state index is 12.6. The number of carbonyl (C=O) groups is 1. The minimum atomic E-state index is -0.207. The van der Waals surface area contributed by atoms with Crippen LogP contribution in [0.5, 0.6) is 17.2 Å². The van der Waals surface area contributed by atoms with Crippen LogP contribution < -0.4 is 14.8 Å². The van der Waals surface area contributed by atoms with Gasteiger partial charge in [0.15, 0.2) is 11.5 Å². The van der Waals surface area contributed by atoms with Gasteiger partial charge in [-0.15, -0.1) is 0 Å². The molecule has 9 heteroatoms. The number of methoxy groups -OCH3 is 1. The number of phenols is 1. The van der Waals surface area contributed by atoms with E-state index in [0.29, 0.717) is 23.3 Å². The van der Waals surface area contributed by atoms with Gasteiger partial charge in [-0.25, -0.2) is 4.98 Å². The zero-order valence-electron chi connectivity index (χ0n) is 17.9. The van der Waals surface area contributed by atoms with Gasteiger partial charge >= 0.3 is 0 Å². The first kappa shape index (κ1) is 20.3. The Morgan fingerprint density at radius 2 is 2.12 bits per heavy atom. The SMILES string of the molecule is CCOc1ccc2nc(-n3nc(C)c4c3NC(=O)C[C@@H]4c3ccc(O)c(OC)c3)sc2c1. The monoisotopic (exact) mass is 450 g/mol. The third-order valence-corrected chi connectivity index (χ3v) is 6.54. The molecular weight excluding hydrogens is 428 g/mol. The molecule has 164 valence electrons. The molecule has 1 aliphatic heterocycles. The van der Waals surface area contributed by atoms with Crippen LogP contribution in [0, 0.1) is 6.92 Å². The predicted octanol–water partition coefficient (Wildman–Crippen LogP) is 4.38. The Morgan fingerprint density at radius 1 is 1.28 bits per heavy atom. The first-order chi connectivity index (χ1) is 15.5. The van der Waals surface area contributed by atoms with Crippen LogP contribution in [0.25, 0.3) is 15.3 Å². The average Bonchev–Trinajstić information content (AvgIpc) is 3.34. The number of aromatic nitrogens is 3. The molecule has 2 aromatic heterocycles. The number of ether oxygens (including phenoxy) is 2. The van der Waals surface area contributed by atoms with Crippen molar-refractivity contribution in [2.24, 2.45) is 0 Å². The highest BCUT2D eigenvalue weighted by molar-refractivity contribution is 7.20. The van der Waals surface area contributed by atoms with Crippen molar-refractivity contribution in [2.75, 3.05) is 19.0 Å². The molecule has 1 atom stereocenters. The van der Waals surface area contributed by atoms with Gasteiger partial charge in [-0.05, 0) is 49.7 Å². The number of aryl methyl sites for hydroxylation is 1. The summed E-state index contributed by atoms with van der Waals surface area (Å²) >= 11 is 1.49. The molecule has 0 bridgehead atoms. The summed E-state index contributed by atoms with van der Waals surface area (Å²) in [6, 6.07) is 11.0. The van der Waals surface area contributed by atoms with E-state index >= 15 is 0 Å². The van der Waals surface area contributed by atoms with E-state index in [2.05, 4.69) is 5.32 Å². The highest BCUT2D eigenvalue weighted by Crippen LogP contribution is 2.43. The summed E-state index contributed by atoms with van der Waals surface area (Å²) in [5, 5.41) is 18.4. The minimum Gasteiger partial charge on any atom is -0.504 e. The highest BCUT2D eigenvalue weighted by atomic mass is 32.1. The summed E-state index contributed by atoms with van der Waals surface area (Å²) in [7, 11) is 1.51. The molecule has 0 fully saturated rings. The van der Waals surface area contributed by atoms with Gasteiger partial charge < -0.3 is 19.9 Å². The lowest BCUT2D eigenvalue weighted by Crippen LogP contribution is -2.24. The van der Waals surface area contributed by atoms with Crippen LogP contribution in [0.3, 0.4) is 0 Å². The van der Waals surface area contributed by atoms with Crippen molar-refractivity contribution in [3.63, 3.8) is 0 Å². The number of hydrogen-bond donors (Lipinski definition) is 2. The molecule has 2 N–H and O–H groups in total. The topological polar surface area (TPSA) is 98.5 Å². The van der Waals surface area contributed by atoms with Crippen molar-refractivity contribution in [2.45, 2.75) is 26.2 Å². The zero-order chi connectivity index (χ0) is 22.4. The van der Waals surface area contributed by atoms with Crippen LogP contribution in [0.1, 0.15) is 36.1 Å². The lowest BCUT2D eigenvalue weighted by atomic mass is 9.85. The van der Waals surface area contributed by atoms with E-state index in [1.165, 1.54) is 18.4 Å². The van der Waals surface area contributed by atoms with Crippen molar-refractivity contribution in [1.29, 1.82) is 0 Å². The van der Waals surface area contributed by atoms with Crippen molar-refractivity contribution < 1.29 is 19.4 Å². The lowest BCUT2D eigenvalue weighted by molar-refractivity contribution is -0.116. The normalized spacial score (nSPS) is 15.5. The number of amides is 1. The van der Waals surface area contributed by atoms with E-state index in [9.17, 15) is 9.90 Å². The molecule has 2 aromatic carbocycles. The summed E-state index contributed by atoms with van der Waals surface area (Å²) in [6.07, 6.45) is 0.283. The van der Waals surface area contributed by atoms with Gasteiger partial charge in [-0.3, -0.25) is 4.79 Å². The molecular formula is C23H22N4O4S. The number of thiazole rings is 1. The number of aromatic hydroxyl groups is 1. The Balaban J connectivity index is 1.61. The summed E-state index contributed by atoms with van der Waals surface area (Å²) in [5.74, 6) is 1.54. The number of benzene rings is 2. The standard InChI is InChI=1S/C23H22N4O4S/c1-4-31-14-6-7-16-19(10-14)32-23(24-16)27-22-21(12(2)26-27)15(11-20(29)25-22)13-5-8-17(28)18(9-13)30-3/h5-10,15,28H,4,11H2,1-3H3,(H,25,29)/t15-/m1/s1. The van der Waals surface area contributed by atoms with E-state index in [4.69, 9.17) is 19.6 Å². The van der Waals surface area contributed by atoms with Crippen LogP contribution >= 0.6 is 11.3 Å². The molecule has 8 nitrogen and oxygen atoms in total. The number of phenolic OH excluding ortho intramolecular Hbond substituents is 1. The van der Waals surface area contributed by atoms with E-state index in [1.54, 1.807) is 16.8 Å². The largest absolute Gasteiger partial charge is 0.504 e. The van der Waals surface area contributed by atoms with Crippen LogP contribution in [-0.4, -0.2) is 39.5 Å². The second-order valence-electron chi connectivity index (χ2n) is 7.55. The third-order valence-electron chi connectivity index (χ3n) is 5.55. The summed E-state index contributed by atoms with van der Waals surface area (Å²) < 4.78 is 13.6. The Bertz CT molecular complexity index is 1340. The van der Waals surface area contributed by atoms with Crippen molar-refractivity contribution >= 4 is 33.3 Å². The highest BCUT2D eigenvalue weighted by Gasteiger charge is 2.33. The van der Waals surface area contributed by atoms with E-state index in [-0.39, 0.29) is 24.0 Å². The average molecular weight is 451 g/mol. The lowest BCUT2D eigenvalue weighted by Gasteiger charge is -2.24. The molecule has 0 aliphatic carbocycles. The molecule has 1 aliphatic rings. The number of carbonyl (C=O) groups excluding carboxylic acids is 1. The van der Waals surface area contributed by atoms with Gasteiger partial charge in [0.2, 0.25) is 11.0 Å². The fraction of sp³-hybridized carbons (Fsp3) is 0.261. The Morgan fingerprint density at radius 3 is 2.91 bits per heavy atom. The molecule has 0 spiro atoms. The fourth-order valence-electron chi connectivity index (χ4n) is 4.12. The molecule has 1 amide bonds. The van der Waals surface area contributed by atoms with Gasteiger partial charge in [0.05, 0.1) is 29.6 Å². The Hall–Kier alpha value is -3.59. The molecule has 0 saturated heterocycles. The predicted molar refractivity (Wildman–Crippen MR) is 122 cm³/mol. The van der Waals surface area contributed by atoms with Gasteiger partial charge in [0, 0.05) is 17.9 Å². The fourth-order valence-corrected chi connectivity index (χ4v) is 5.07. The molecule has 0 unspecified atom stereocenters. The van der Waals surface area contributed by atoms with Crippen LogP contribution in [-0.2, 0) is 4.79 Å². The van der Waals surface area contributed by atoms with Crippen molar-refractivity contribution in [1.82, 2.24) is 14.8 Å². The maximum atomic E-state index is 12.6. The molecule has 4 aromatic rings. The first-order valence-electron chi connectivity index (χ1n) is 10.3. The molecule has 32 heavy (non-hydrogen) atoms. The molecule has 3 heterocycles. The van der Waals surface area contributed by atoms with Crippen LogP contribution in [0.4, 0.5) is 5.82 Å². The number of anilines is 1. The summed E-state index contributed by atoms with van der Waals surface area (Å²) in [5.41, 5.74) is 3.47. The van der Waals surface area contributed by atoms with Gasteiger partial charge in [-0.1, -0.05) is 17.4 Å². The Labute approximate surface area is 188 Å². The maximum Gasteiger partial charge on any atom is 0.226 e. The zero-order valence-corrected chi connectivity index (χ0v) is 18.7. The molecule has 5 rings (SSSR count). The summed E-state index contributed by atoms with van der Waals surface area (Å²) in [6.45, 7) is 4.47. The van der Waals surface area contributed by atoms with E-state index in [1.807, 2.05) is 38.1 Å². The summed E-state index contributed by atoms with van der Waals surface area (Å²) in [4.78, 5) is 17.4. The van der Waals surface area contributed by atoms with Crippen molar-refractivity contribution in [3.8, 4) is 22.4 Å². The van der Waals surface area contributed by atoms with Crippen LogP contribution in [0.2, 0.25) is 0 Å². The minimum absolute atomic E-state index is 0.0602. The van der Waals surface area contributed by atoms with E-state index in [0.717, 1.165) is 32.8 Å². The number of hydrogen-bond acceptors (Lipinski definition) is 7. The number of nitrogens with one attached hydrogen (secondary N) is 1. The third kappa shape index (κ3) is 3.34. The molecule has 0 radical (unpaired) electrons. The van der Waals surface area contributed by atoms with Gasteiger partial charge in [0.25, 0.3) is 0 Å². The van der Waals surface area contributed by atoms with Gasteiger partial charge in [-0.2, -0.15) is 9.78 Å².